The van der Waals surface area contributed by atoms with Crippen LogP contribution in [-0.2, 0) is 24.2 Å². The Kier molecular flexibility index (Phi) is 6.00. The highest BCUT2D eigenvalue weighted by atomic mass is 32.1. The summed E-state index contributed by atoms with van der Waals surface area (Å²) in [5, 5.41) is 5.47. The van der Waals surface area contributed by atoms with Crippen molar-refractivity contribution < 1.29 is 4.79 Å². The van der Waals surface area contributed by atoms with Crippen molar-refractivity contribution in [3.05, 3.63) is 95.0 Å². The van der Waals surface area contributed by atoms with E-state index in [2.05, 4.69) is 50.6 Å². The van der Waals surface area contributed by atoms with Crippen molar-refractivity contribution in [3.63, 3.8) is 0 Å². The number of rotatable bonds is 7. The van der Waals surface area contributed by atoms with Gasteiger partial charge in [0.25, 0.3) is 0 Å². The topological polar surface area (TPSA) is 71.0 Å². The Balaban J connectivity index is 1.41. The molecule has 7 heteroatoms. The van der Waals surface area contributed by atoms with Crippen molar-refractivity contribution in [2.45, 2.75) is 25.4 Å². The first-order chi connectivity index (χ1) is 15.8. The number of nitrogens with one attached hydrogen (secondary N) is 1. The number of benzene rings is 2. The van der Waals surface area contributed by atoms with E-state index in [1.165, 1.54) is 11.9 Å². The number of carbonyl (C=O) groups is 1. The summed E-state index contributed by atoms with van der Waals surface area (Å²) in [5.41, 5.74) is 8.02. The van der Waals surface area contributed by atoms with Crippen LogP contribution in [0.2, 0.25) is 0 Å². The number of hydrogen-bond acceptors (Lipinski definition) is 6. The average molecular weight is 442 g/mol. The molecule has 3 heterocycles. The van der Waals surface area contributed by atoms with E-state index in [4.69, 9.17) is 0 Å². The van der Waals surface area contributed by atoms with Crippen LogP contribution < -0.4 is 10.2 Å². The molecular formula is C25H23N5OS. The number of hydrogen-bond donors (Lipinski definition) is 1. The summed E-state index contributed by atoms with van der Waals surface area (Å²) >= 11 is 1.56. The van der Waals surface area contributed by atoms with E-state index in [0.717, 1.165) is 34.5 Å². The molecule has 2 aromatic carbocycles. The lowest BCUT2D eigenvalue weighted by molar-refractivity contribution is -0.120. The lowest BCUT2D eigenvalue weighted by Crippen LogP contribution is -2.47. The second-order valence-corrected chi connectivity index (χ2v) is 8.53. The molecule has 0 spiro atoms. The maximum absolute atomic E-state index is 13.7. The maximum Gasteiger partial charge on any atom is 0.244 e. The van der Waals surface area contributed by atoms with Gasteiger partial charge < -0.3 is 4.90 Å². The van der Waals surface area contributed by atoms with E-state index >= 15 is 0 Å². The fraction of sp³-hybridized carbons (Fsp3) is 0.200. The molecule has 5 rings (SSSR count). The molecule has 1 atom stereocenters. The van der Waals surface area contributed by atoms with Crippen LogP contribution >= 0.6 is 11.3 Å². The van der Waals surface area contributed by atoms with Crippen LogP contribution in [0.3, 0.4) is 0 Å². The van der Waals surface area contributed by atoms with E-state index in [0.29, 0.717) is 19.5 Å². The van der Waals surface area contributed by atoms with Crippen molar-refractivity contribution in [1.82, 2.24) is 20.3 Å². The van der Waals surface area contributed by atoms with Crippen LogP contribution in [0.5, 0.6) is 0 Å². The van der Waals surface area contributed by atoms with Gasteiger partial charge in [0.15, 0.2) is 0 Å². The van der Waals surface area contributed by atoms with Crippen LogP contribution in [0.4, 0.5) is 5.69 Å². The van der Waals surface area contributed by atoms with E-state index in [1.54, 1.807) is 23.7 Å². The van der Waals surface area contributed by atoms with Crippen LogP contribution in [0.1, 0.15) is 16.8 Å². The minimum Gasteiger partial charge on any atom is -0.310 e. The molecule has 0 saturated heterocycles. The zero-order chi connectivity index (χ0) is 21.8. The first-order valence-electron chi connectivity index (χ1n) is 10.6. The molecule has 1 unspecified atom stereocenters. The van der Waals surface area contributed by atoms with E-state index in [-0.39, 0.29) is 11.9 Å². The van der Waals surface area contributed by atoms with Crippen molar-refractivity contribution in [2.24, 2.45) is 0 Å². The number of fused-ring (bicyclic) bond motifs is 1. The predicted molar refractivity (Wildman–Crippen MR) is 126 cm³/mol. The summed E-state index contributed by atoms with van der Waals surface area (Å²) in [4.78, 5) is 28.3. The monoisotopic (exact) mass is 441 g/mol. The smallest absolute Gasteiger partial charge is 0.244 e. The van der Waals surface area contributed by atoms with Gasteiger partial charge in [-0.05, 0) is 35.6 Å². The van der Waals surface area contributed by atoms with Crippen molar-refractivity contribution in [2.75, 3.05) is 11.4 Å². The molecule has 0 bridgehead atoms. The van der Waals surface area contributed by atoms with Gasteiger partial charge in [-0.25, -0.2) is 15.0 Å². The lowest BCUT2D eigenvalue weighted by Gasteiger charge is -2.25. The van der Waals surface area contributed by atoms with E-state index in [1.807, 2.05) is 34.0 Å². The highest BCUT2D eigenvalue weighted by molar-refractivity contribution is 7.07. The molecule has 0 radical (unpaired) electrons. The molecule has 1 aliphatic heterocycles. The third-order valence-corrected chi connectivity index (χ3v) is 6.37. The van der Waals surface area contributed by atoms with Gasteiger partial charge in [-0.1, -0.05) is 42.5 Å². The average Bonchev–Trinajstić information content (AvgIpc) is 3.52. The van der Waals surface area contributed by atoms with Crippen molar-refractivity contribution in [1.29, 1.82) is 0 Å². The summed E-state index contributed by atoms with van der Waals surface area (Å²) < 4.78 is 0. The maximum atomic E-state index is 13.7. The molecule has 6 nitrogen and oxygen atoms in total. The van der Waals surface area contributed by atoms with Gasteiger partial charge in [-0.2, -0.15) is 0 Å². The van der Waals surface area contributed by atoms with Crippen molar-refractivity contribution in [3.8, 4) is 11.1 Å². The molecule has 32 heavy (non-hydrogen) atoms. The second kappa shape index (κ2) is 9.38. The summed E-state index contributed by atoms with van der Waals surface area (Å²) in [6, 6.07) is 16.1. The second-order valence-electron chi connectivity index (χ2n) is 7.81. The molecule has 160 valence electrons. The van der Waals surface area contributed by atoms with Crippen molar-refractivity contribution >= 4 is 22.9 Å². The fourth-order valence-electron chi connectivity index (χ4n) is 4.07. The zero-order valence-electron chi connectivity index (χ0n) is 17.5. The van der Waals surface area contributed by atoms with E-state index < -0.39 is 0 Å². The van der Waals surface area contributed by atoms with Crippen LogP contribution in [-0.4, -0.2) is 33.4 Å². The lowest BCUT2D eigenvalue weighted by atomic mass is 10.0. The Labute approximate surface area is 191 Å². The largest absolute Gasteiger partial charge is 0.310 e. The molecule has 2 aromatic heterocycles. The molecule has 4 aromatic rings. The minimum atomic E-state index is -0.339. The highest BCUT2D eigenvalue weighted by Crippen LogP contribution is 2.33. The number of aromatic nitrogens is 3. The zero-order valence-corrected chi connectivity index (χ0v) is 18.3. The third-order valence-electron chi connectivity index (χ3n) is 5.73. The predicted octanol–water partition coefficient (Wildman–Crippen LogP) is 3.89. The number of nitrogens with zero attached hydrogens (tertiary/aromatic N) is 4. The first-order valence-corrected chi connectivity index (χ1v) is 11.6. The molecule has 0 saturated carbocycles. The van der Waals surface area contributed by atoms with Gasteiger partial charge in [0.2, 0.25) is 5.91 Å². The Hall–Kier alpha value is -3.42. The molecule has 1 aliphatic rings. The quantitative estimate of drug-likeness (QED) is 0.471. The van der Waals surface area contributed by atoms with Gasteiger partial charge in [0.1, 0.15) is 6.33 Å². The minimum absolute atomic E-state index is 0.0873. The van der Waals surface area contributed by atoms with Gasteiger partial charge in [0, 0.05) is 42.1 Å². The Morgan fingerprint density at radius 1 is 1.09 bits per heavy atom. The fourth-order valence-corrected chi connectivity index (χ4v) is 4.63. The van der Waals surface area contributed by atoms with Crippen LogP contribution in [0, 0.1) is 0 Å². The molecule has 0 aliphatic carbocycles. The summed E-state index contributed by atoms with van der Waals surface area (Å²) in [7, 11) is 0. The number of thiazole rings is 1. The molecule has 0 fully saturated rings. The normalized spacial score (nSPS) is 13.7. The Morgan fingerprint density at radius 2 is 1.94 bits per heavy atom. The standard InChI is InChI=1S/C25H23N5OS/c31-25(23(10-18-4-2-1-3-5-18)28-14-22-15-32-17-29-22)30-9-8-19-6-7-20(11-24(19)30)21-12-26-16-27-13-21/h1-7,11-13,15-17,23,28H,8-10,14H2. The SMILES string of the molecule is O=C(C(Cc1ccccc1)NCc1cscn1)N1CCc2ccc(-c3cncnc3)cc21. The molecular weight excluding hydrogens is 418 g/mol. The third kappa shape index (κ3) is 4.44. The Bertz CT molecular complexity index is 1180. The number of amides is 1. The summed E-state index contributed by atoms with van der Waals surface area (Å²) in [6.07, 6.45) is 6.60. The Morgan fingerprint density at radius 3 is 2.72 bits per heavy atom. The van der Waals surface area contributed by atoms with Gasteiger partial charge >= 0.3 is 0 Å². The first kappa shape index (κ1) is 20.5. The van der Waals surface area contributed by atoms with Crippen LogP contribution in [0.25, 0.3) is 11.1 Å². The highest BCUT2D eigenvalue weighted by Gasteiger charge is 2.30. The number of anilines is 1. The number of carbonyl (C=O) groups excluding carboxylic acids is 1. The van der Waals surface area contributed by atoms with Crippen LogP contribution in [0.15, 0.2) is 78.1 Å². The van der Waals surface area contributed by atoms with Gasteiger partial charge in [0.05, 0.1) is 17.2 Å². The van der Waals surface area contributed by atoms with E-state index in [9.17, 15) is 4.79 Å². The van der Waals surface area contributed by atoms with Gasteiger partial charge in [-0.15, -0.1) is 11.3 Å². The summed E-state index contributed by atoms with van der Waals surface area (Å²) in [5.74, 6) is 0.0873. The molecule has 1 amide bonds. The molecule has 1 N–H and O–H groups in total. The summed E-state index contributed by atoms with van der Waals surface area (Å²) in [6.45, 7) is 1.25. The van der Waals surface area contributed by atoms with Gasteiger partial charge in [-0.3, -0.25) is 10.1 Å².